The van der Waals surface area contributed by atoms with Crippen LogP contribution in [0.25, 0.3) is 0 Å². The van der Waals surface area contributed by atoms with E-state index in [1.54, 1.807) is 0 Å². The minimum atomic E-state index is -0.773. The first-order chi connectivity index (χ1) is 32.5. The van der Waals surface area contributed by atoms with Crippen molar-refractivity contribution >= 4 is 17.9 Å². The highest BCUT2D eigenvalue weighted by Gasteiger charge is 2.19. The predicted octanol–water partition coefficient (Wildman–Crippen LogP) is 19.3. The highest BCUT2D eigenvalue weighted by atomic mass is 16.6. The van der Waals surface area contributed by atoms with Gasteiger partial charge in [0.25, 0.3) is 0 Å². The van der Waals surface area contributed by atoms with Gasteiger partial charge in [-0.2, -0.15) is 0 Å². The summed E-state index contributed by atoms with van der Waals surface area (Å²) in [6.45, 7) is 6.53. The van der Waals surface area contributed by atoms with Crippen molar-refractivity contribution < 1.29 is 28.6 Å². The molecule has 0 heterocycles. The van der Waals surface area contributed by atoms with Crippen LogP contribution in [0.5, 0.6) is 0 Å². The summed E-state index contributed by atoms with van der Waals surface area (Å²) in [5.41, 5.74) is 0. The number of ether oxygens (including phenoxy) is 3. The van der Waals surface area contributed by atoms with Crippen LogP contribution < -0.4 is 0 Å². The zero-order valence-electron chi connectivity index (χ0n) is 44.2. The number of esters is 3. The molecular formula is C60H110O6. The van der Waals surface area contributed by atoms with Gasteiger partial charge in [0.1, 0.15) is 13.2 Å². The number of rotatable bonds is 53. The lowest BCUT2D eigenvalue weighted by Gasteiger charge is -2.18. The Morgan fingerprint density at radius 1 is 0.303 bits per heavy atom. The molecule has 0 aliphatic heterocycles. The average molecular weight is 928 g/mol. The van der Waals surface area contributed by atoms with Gasteiger partial charge in [0.2, 0.25) is 0 Å². The predicted molar refractivity (Wildman–Crippen MR) is 284 cm³/mol. The van der Waals surface area contributed by atoms with E-state index in [1.807, 2.05) is 0 Å². The molecule has 6 nitrogen and oxygen atoms in total. The van der Waals surface area contributed by atoms with Gasteiger partial charge in [0, 0.05) is 19.3 Å². The monoisotopic (exact) mass is 927 g/mol. The van der Waals surface area contributed by atoms with Crippen molar-refractivity contribution in [2.24, 2.45) is 0 Å². The molecule has 66 heavy (non-hydrogen) atoms. The number of unbranched alkanes of at least 4 members (excludes halogenated alkanes) is 36. The smallest absolute Gasteiger partial charge is 0.306 e. The summed E-state index contributed by atoms with van der Waals surface area (Å²) in [5, 5.41) is 0. The van der Waals surface area contributed by atoms with E-state index < -0.39 is 6.10 Å². The molecule has 1 atom stereocenters. The highest BCUT2D eigenvalue weighted by Crippen LogP contribution is 2.17. The maximum Gasteiger partial charge on any atom is 0.306 e. The Morgan fingerprint density at radius 3 is 0.894 bits per heavy atom. The number of hydrogen-bond donors (Lipinski definition) is 0. The van der Waals surface area contributed by atoms with E-state index in [-0.39, 0.29) is 31.1 Å². The van der Waals surface area contributed by atoms with Crippen LogP contribution in [0.4, 0.5) is 0 Å². The van der Waals surface area contributed by atoms with Gasteiger partial charge in [-0.3, -0.25) is 14.4 Å². The third-order valence-corrected chi connectivity index (χ3v) is 12.9. The Morgan fingerprint density at radius 2 is 0.561 bits per heavy atom. The van der Waals surface area contributed by atoms with Gasteiger partial charge in [-0.05, 0) is 70.6 Å². The second-order valence-electron chi connectivity index (χ2n) is 19.6. The molecule has 0 spiro atoms. The Hall–Kier alpha value is -2.37. The summed E-state index contributed by atoms with van der Waals surface area (Å²) < 4.78 is 16.7. The molecule has 0 bridgehead atoms. The van der Waals surface area contributed by atoms with Crippen molar-refractivity contribution in [1.82, 2.24) is 0 Å². The molecule has 0 amide bonds. The summed E-state index contributed by atoms with van der Waals surface area (Å²) in [7, 11) is 0. The standard InChI is InChI=1S/C60H110O6/c1-4-7-10-13-15-17-19-21-23-24-25-26-27-28-29-30-31-32-33-34-35-36-37-39-40-42-44-47-50-53-59(62)65-56-57(55-64-58(61)52-49-46-12-9-6-3)66-60(63)54-51-48-45-43-41-38-22-20-18-16-14-11-8-5-2/h14,16,20,22,24-25,57H,4-13,15,17-19,21,23,26-56H2,1-3H3/b16-14-,22-20-,25-24-. The van der Waals surface area contributed by atoms with E-state index >= 15 is 0 Å². The SMILES string of the molecule is CCCC/C=C\C/C=C\CCCCCCCC(=O)OC(COC(=O)CCCCCCC)COC(=O)CCCCCCCCCCCCCCCCCCC/C=C\CCCCCCCCCC. The molecule has 0 rings (SSSR count). The number of carbonyl (C=O) groups excluding carboxylic acids is 3. The van der Waals surface area contributed by atoms with Crippen molar-refractivity contribution in [2.45, 2.75) is 316 Å². The second kappa shape index (κ2) is 55.2. The maximum atomic E-state index is 12.7. The van der Waals surface area contributed by atoms with Crippen molar-refractivity contribution in [1.29, 1.82) is 0 Å². The van der Waals surface area contributed by atoms with Gasteiger partial charge < -0.3 is 14.2 Å². The van der Waals surface area contributed by atoms with Gasteiger partial charge in [0.05, 0.1) is 0 Å². The van der Waals surface area contributed by atoms with E-state index in [9.17, 15) is 14.4 Å². The summed E-state index contributed by atoms with van der Waals surface area (Å²) in [6, 6.07) is 0. The minimum Gasteiger partial charge on any atom is -0.462 e. The minimum absolute atomic E-state index is 0.0753. The van der Waals surface area contributed by atoms with Gasteiger partial charge in [0.15, 0.2) is 6.10 Å². The van der Waals surface area contributed by atoms with E-state index in [0.29, 0.717) is 19.3 Å². The fraction of sp³-hybridized carbons (Fsp3) is 0.850. The molecule has 0 saturated carbocycles. The fourth-order valence-electron chi connectivity index (χ4n) is 8.46. The molecule has 0 aliphatic rings. The summed E-state index contributed by atoms with van der Waals surface area (Å²) in [5.74, 6) is -0.892. The Labute approximate surface area is 410 Å². The van der Waals surface area contributed by atoms with E-state index in [1.165, 1.54) is 180 Å². The lowest BCUT2D eigenvalue weighted by molar-refractivity contribution is -0.167. The third kappa shape index (κ3) is 52.6. The summed E-state index contributed by atoms with van der Waals surface area (Å²) in [6.07, 6.45) is 66.3. The Kier molecular flexibility index (Phi) is 53.2. The van der Waals surface area contributed by atoms with Crippen LogP contribution in [-0.4, -0.2) is 37.2 Å². The van der Waals surface area contributed by atoms with Crippen LogP contribution in [-0.2, 0) is 28.6 Å². The molecule has 386 valence electrons. The van der Waals surface area contributed by atoms with Gasteiger partial charge in [-0.25, -0.2) is 0 Å². The van der Waals surface area contributed by atoms with Crippen LogP contribution in [0.2, 0.25) is 0 Å². The molecule has 0 aromatic rings. The molecule has 0 saturated heterocycles. The number of carbonyl (C=O) groups is 3. The topological polar surface area (TPSA) is 78.9 Å². The van der Waals surface area contributed by atoms with Crippen molar-refractivity contribution in [3.8, 4) is 0 Å². The maximum absolute atomic E-state index is 12.7. The third-order valence-electron chi connectivity index (χ3n) is 12.9. The first-order valence-corrected chi connectivity index (χ1v) is 29.0. The molecule has 6 heteroatoms. The first kappa shape index (κ1) is 63.6. The van der Waals surface area contributed by atoms with Crippen LogP contribution in [0.15, 0.2) is 36.5 Å². The van der Waals surface area contributed by atoms with E-state index in [2.05, 4.69) is 57.2 Å². The summed E-state index contributed by atoms with van der Waals surface area (Å²) in [4.78, 5) is 37.7. The molecule has 0 aliphatic carbocycles. The average Bonchev–Trinajstić information content (AvgIpc) is 3.31. The molecule has 0 N–H and O–H groups in total. The summed E-state index contributed by atoms with van der Waals surface area (Å²) >= 11 is 0. The molecule has 0 aromatic heterocycles. The number of allylic oxidation sites excluding steroid dienone is 6. The lowest BCUT2D eigenvalue weighted by Crippen LogP contribution is -2.30. The second-order valence-corrected chi connectivity index (χ2v) is 19.6. The van der Waals surface area contributed by atoms with Gasteiger partial charge in [-0.1, -0.05) is 256 Å². The first-order valence-electron chi connectivity index (χ1n) is 29.0. The molecule has 0 radical (unpaired) electrons. The Bertz CT molecular complexity index is 1110. The van der Waals surface area contributed by atoms with E-state index in [0.717, 1.165) is 89.9 Å². The molecule has 0 fully saturated rings. The largest absolute Gasteiger partial charge is 0.462 e. The number of hydrogen-bond acceptors (Lipinski definition) is 6. The quantitative estimate of drug-likeness (QED) is 0.0262. The van der Waals surface area contributed by atoms with Gasteiger partial charge >= 0.3 is 17.9 Å². The van der Waals surface area contributed by atoms with Crippen molar-refractivity contribution in [3.63, 3.8) is 0 Å². The fourth-order valence-corrected chi connectivity index (χ4v) is 8.46. The Balaban J connectivity index is 3.95. The van der Waals surface area contributed by atoms with Crippen LogP contribution in [0, 0.1) is 0 Å². The lowest BCUT2D eigenvalue weighted by atomic mass is 10.0. The van der Waals surface area contributed by atoms with Crippen molar-refractivity contribution in [3.05, 3.63) is 36.5 Å². The molecular weight excluding hydrogens is 817 g/mol. The van der Waals surface area contributed by atoms with Crippen LogP contribution >= 0.6 is 0 Å². The zero-order chi connectivity index (χ0) is 47.9. The van der Waals surface area contributed by atoms with Gasteiger partial charge in [-0.15, -0.1) is 0 Å². The highest BCUT2D eigenvalue weighted by molar-refractivity contribution is 5.71. The van der Waals surface area contributed by atoms with Crippen LogP contribution in [0.3, 0.4) is 0 Å². The molecule has 1 unspecified atom stereocenters. The zero-order valence-corrected chi connectivity index (χ0v) is 44.2. The van der Waals surface area contributed by atoms with E-state index in [4.69, 9.17) is 14.2 Å². The van der Waals surface area contributed by atoms with Crippen LogP contribution in [0.1, 0.15) is 310 Å². The van der Waals surface area contributed by atoms with Crippen molar-refractivity contribution in [2.75, 3.05) is 13.2 Å². The normalized spacial score (nSPS) is 12.2. The molecule has 0 aromatic carbocycles.